The normalized spacial score (nSPS) is 11.2. The van der Waals surface area contributed by atoms with E-state index in [-0.39, 0.29) is 31.4 Å². The number of para-hydroxylation sites is 1. The molecular formula is C20H25Cl2N3O2. The third kappa shape index (κ3) is 6.88. The zero-order chi connectivity index (χ0) is 17.5. The summed E-state index contributed by atoms with van der Waals surface area (Å²) in [5, 5.41) is 13.3. The van der Waals surface area contributed by atoms with Gasteiger partial charge in [-0.2, -0.15) is 0 Å². The number of halogens is 2. The van der Waals surface area contributed by atoms with Crippen LogP contribution >= 0.6 is 24.8 Å². The van der Waals surface area contributed by atoms with Gasteiger partial charge >= 0.3 is 0 Å². The molecule has 3 aromatic rings. The lowest BCUT2D eigenvalue weighted by molar-refractivity contribution is 0.106. The minimum Gasteiger partial charge on any atom is -0.491 e. The van der Waals surface area contributed by atoms with Gasteiger partial charge in [0, 0.05) is 31.2 Å². The van der Waals surface area contributed by atoms with E-state index in [1.165, 1.54) is 0 Å². The van der Waals surface area contributed by atoms with Gasteiger partial charge in [0.2, 0.25) is 0 Å². The van der Waals surface area contributed by atoms with Crippen molar-refractivity contribution in [1.82, 2.24) is 14.9 Å². The molecule has 1 atom stereocenters. The van der Waals surface area contributed by atoms with Crippen LogP contribution in [0.15, 0.2) is 67.3 Å². The van der Waals surface area contributed by atoms with Crippen molar-refractivity contribution in [3.8, 4) is 11.4 Å². The maximum absolute atomic E-state index is 10.1. The fraction of sp³-hybridized carbons (Fsp3) is 0.250. The molecular weight excluding hydrogens is 385 g/mol. The summed E-state index contributed by atoms with van der Waals surface area (Å²) in [6.45, 7) is 3.45. The standard InChI is InChI=1S/C20H23N3O2.2ClH/c1-16-4-2-3-5-20(16)25-14-19(24)13-22-12-17-6-8-18(9-7-17)23-11-10-21-15-23;;/h2-11,15,19,22,24H,12-14H2,1H3;2*1H. The van der Waals surface area contributed by atoms with E-state index in [1.807, 2.05) is 42.0 Å². The van der Waals surface area contributed by atoms with Crippen LogP contribution in [0.25, 0.3) is 5.69 Å². The van der Waals surface area contributed by atoms with Crippen LogP contribution in [-0.2, 0) is 6.54 Å². The van der Waals surface area contributed by atoms with Gasteiger partial charge in [-0.25, -0.2) is 4.98 Å². The highest BCUT2D eigenvalue weighted by Crippen LogP contribution is 2.16. The van der Waals surface area contributed by atoms with E-state index in [2.05, 4.69) is 34.6 Å². The Morgan fingerprint density at radius 1 is 1.11 bits per heavy atom. The van der Waals surface area contributed by atoms with E-state index in [9.17, 15) is 5.11 Å². The van der Waals surface area contributed by atoms with Crippen molar-refractivity contribution in [2.24, 2.45) is 0 Å². The van der Waals surface area contributed by atoms with Gasteiger partial charge in [-0.05, 0) is 36.2 Å². The van der Waals surface area contributed by atoms with Gasteiger partial charge in [0.05, 0.1) is 6.33 Å². The number of aliphatic hydroxyl groups is 1. The van der Waals surface area contributed by atoms with Crippen LogP contribution in [0.4, 0.5) is 0 Å². The van der Waals surface area contributed by atoms with Crippen LogP contribution in [0.2, 0.25) is 0 Å². The van der Waals surface area contributed by atoms with Crippen LogP contribution in [0, 0.1) is 6.92 Å². The number of rotatable bonds is 8. The van der Waals surface area contributed by atoms with Crippen molar-refractivity contribution in [2.75, 3.05) is 13.2 Å². The molecule has 27 heavy (non-hydrogen) atoms. The molecule has 2 N–H and O–H groups in total. The van der Waals surface area contributed by atoms with Crippen molar-refractivity contribution < 1.29 is 9.84 Å². The zero-order valence-corrected chi connectivity index (χ0v) is 16.7. The Morgan fingerprint density at radius 2 is 1.85 bits per heavy atom. The van der Waals surface area contributed by atoms with E-state index < -0.39 is 6.10 Å². The molecule has 0 aliphatic carbocycles. The maximum atomic E-state index is 10.1. The fourth-order valence-corrected chi connectivity index (χ4v) is 2.54. The second kappa shape index (κ2) is 11.6. The second-order valence-corrected chi connectivity index (χ2v) is 6.00. The molecule has 0 radical (unpaired) electrons. The minimum atomic E-state index is -0.551. The first-order chi connectivity index (χ1) is 12.2. The Balaban J connectivity index is 0.00000182. The molecule has 2 aromatic carbocycles. The van der Waals surface area contributed by atoms with Crippen molar-refractivity contribution in [2.45, 2.75) is 19.6 Å². The van der Waals surface area contributed by atoms with Crippen LogP contribution in [0.3, 0.4) is 0 Å². The molecule has 0 aliphatic rings. The monoisotopic (exact) mass is 409 g/mol. The molecule has 3 rings (SSSR count). The largest absolute Gasteiger partial charge is 0.491 e. The lowest BCUT2D eigenvalue weighted by Gasteiger charge is -2.14. The third-order valence-electron chi connectivity index (χ3n) is 3.97. The molecule has 0 spiro atoms. The number of aryl methyl sites for hydroxylation is 1. The first kappa shape index (κ1) is 23.0. The van der Waals surface area contributed by atoms with E-state index in [1.54, 1.807) is 12.5 Å². The fourth-order valence-electron chi connectivity index (χ4n) is 2.54. The van der Waals surface area contributed by atoms with Crippen molar-refractivity contribution >= 4 is 24.8 Å². The Kier molecular flexibility index (Phi) is 9.89. The molecule has 1 heterocycles. The Bertz CT molecular complexity index is 780. The first-order valence-electron chi connectivity index (χ1n) is 8.37. The summed E-state index contributed by atoms with van der Waals surface area (Å²) in [4.78, 5) is 4.05. The highest BCUT2D eigenvalue weighted by atomic mass is 35.5. The minimum absolute atomic E-state index is 0. The summed E-state index contributed by atoms with van der Waals surface area (Å²) in [6, 6.07) is 16.0. The molecule has 0 saturated heterocycles. The summed E-state index contributed by atoms with van der Waals surface area (Å²) in [5.74, 6) is 0.816. The molecule has 1 aromatic heterocycles. The van der Waals surface area contributed by atoms with Crippen LogP contribution in [0.5, 0.6) is 5.75 Å². The van der Waals surface area contributed by atoms with Gasteiger partial charge in [0.1, 0.15) is 18.5 Å². The quantitative estimate of drug-likeness (QED) is 0.596. The van der Waals surface area contributed by atoms with Gasteiger partial charge in [-0.3, -0.25) is 0 Å². The van der Waals surface area contributed by atoms with Gasteiger partial charge in [-0.15, -0.1) is 24.8 Å². The number of nitrogens with one attached hydrogen (secondary N) is 1. The zero-order valence-electron chi connectivity index (χ0n) is 15.1. The van der Waals surface area contributed by atoms with E-state index in [0.29, 0.717) is 13.1 Å². The number of nitrogens with zero attached hydrogens (tertiary/aromatic N) is 2. The molecule has 1 unspecified atom stereocenters. The van der Waals surface area contributed by atoms with E-state index >= 15 is 0 Å². The average molecular weight is 410 g/mol. The lowest BCUT2D eigenvalue weighted by Crippen LogP contribution is -2.31. The summed E-state index contributed by atoms with van der Waals surface area (Å²) >= 11 is 0. The molecule has 0 fully saturated rings. The van der Waals surface area contributed by atoms with Gasteiger partial charge in [-0.1, -0.05) is 30.3 Å². The summed E-state index contributed by atoms with van der Waals surface area (Å²) in [7, 11) is 0. The Hall–Kier alpha value is -2.05. The number of hydrogen-bond acceptors (Lipinski definition) is 4. The number of benzene rings is 2. The molecule has 0 aliphatic heterocycles. The number of imidazole rings is 1. The Labute approximate surface area is 172 Å². The predicted molar refractivity (Wildman–Crippen MR) is 112 cm³/mol. The molecule has 146 valence electrons. The maximum Gasteiger partial charge on any atom is 0.122 e. The van der Waals surface area contributed by atoms with Crippen molar-refractivity contribution in [3.05, 3.63) is 78.4 Å². The number of ether oxygens (including phenoxy) is 1. The highest BCUT2D eigenvalue weighted by molar-refractivity contribution is 5.85. The summed E-state index contributed by atoms with van der Waals surface area (Å²) in [5.41, 5.74) is 3.31. The van der Waals surface area contributed by atoms with E-state index in [4.69, 9.17) is 4.74 Å². The third-order valence-corrected chi connectivity index (χ3v) is 3.97. The topological polar surface area (TPSA) is 59.3 Å². The summed E-state index contributed by atoms with van der Waals surface area (Å²) < 4.78 is 7.62. The van der Waals surface area contributed by atoms with Crippen LogP contribution in [0.1, 0.15) is 11.1 Å². The smallest absolute Gasteiger partial charge is 0.122 e. The molecule has 7 heteroatoms. The van der Waals surface area contributed by atoms with Crippen molar-refractivity contribution in [3.63, 3.8) is 0 Å². The van der Waals surface area contributed by atoms with Crippen LogP contribution in [-0.4, -0.2) is 33.9 Å². The number of hydrogen-bond donors (Lipinski definition) is 2. The van der Waals surface area contributed by atoms with Crippen molar-refractivity contribution in [1.29, 1.82) is 0 Å². The first-order valence-corrected chi connectivity index (χ1v) is 8.37. The predicted octanol–water partition coefficient (Wildman–Crippen LogP) is 3.55. The highest BCUT2D eigenvalue weighted by Gasteiger charge is 2.06. The molecule has 0 bridgehead atoms. The van der Waals surface area contributed by atoms with Gasteiger partial charge < -0.3 is 19.7 Å². The van der Waals surface area contributed by atoms with Crippen LogP contribution < -0.4 is 10.1 Å². The molecule has 5 nitrogen and oxygen atoms in total. The number of aromatic nitrogens is 2. The Morgan fingerprint density at radius 3 is 2.52 bits per heavy atom. The molecule has 0 saturated carbocycles. The average Bonchev–Trinajstić information content (AvgIpc) is 3.16. The van der Waals surface area contributed by atoms with Gasteiger partial charge in [0.15, 0.2) is 0 Å². The summed E-state index contributed by atoms with van der Waals surface area (Å²) in [6.07, 6.45) is 4.90. The molecule has 0 amide bonds. The lowest BCUT2D eigenvalue weighted by atomic mass is 10.2. The van der Waals surface area contributed by atoms with Gasteiger partial charge in [0.25, 0.3) is 0 Å². The number of aliphatic hydroxyl groups excluding tert-OH is 1. The van der Waals surface area contributed by atoms with E-state index in [0.717, 1.165) is 22.6 Å². The SMILES string of the molecule is Cc1ccccc1OCC(O)CNCc1ccc(-n2ccnc2)cc1.Cl.Cl. The second-order valence-electron chi connectivity index (χ2n) is 6.00.